The van der Waals surface area contributed by atoms with Crippen LogP contribution >= 0.6 is 11.8 Å². The lowest BCUT2D eigenvalue weighted by molar-refractivity contribution is -0.129. The van der Waals surface area contributed by atoms with Crippen molar-refractivity contribution in [3.63, 3.8) is 0 Å². The maximum Gasteiger partial charge on any atom is 0.227 e. The van der Waals surface area contributed by atoms with E-state index in [4.69, 9.17) is 0 Å². The van der Waals surface area contributed by atoms with Crippen molar-refractivity contribution in [1.29, 1.82) is 0 Å². The van der Waals surface area contributed by atoms with Crippen LogP contribution in [0.4, 0.5) is 4.39 Å². The summed E-state index contributed by atoms with van der Waals surface area (Å²) in [5.74, 6) is -0.0614. The van der Waals surface area contributed by atoms with Crippen LogP contribution in [0.15, 0.2) is 58.5 Å². The van der Waals surface area contributed by atoms with E-state index in [9.17, 15) is 9.18 Å². The fourth-order valence-corrected chi connectivity index (χ4v) is 4.26. The standard InChI is InChI=1S/C20H19FN2OS/c21-14-7-9-15(10-8-14)25-20-17(13-19(24)23-11-3-4-12-23)16-5-1-2-6-18(16)22-20/h1-2,5-10,22H,3-4,11-13H2. The smallest absolute Gasteiger partial charge is 0.227 e. The number of carbonyl (C=O) groups is 1. The number of para-hydroxylation sites is 1. The summed E-state index contributed by atoms with van der Waals surface area (Å²) in [7, 11) is 0. The third-order valence-electron chi connectivity index (χ3n) is 4.59. The van der Waals surface area contributed by atoms with E-state index in [0.29, 0.717) is 6.42 Å². The normalized spacial score (nSPS) is 14.4. The molecule has 0 saturated carbocycles. The topological polar surface area (TPSA) is 36.1 Å². The van der Waals surface area contributed by atoms with Crippen molar-refractivity contribution in [2.24, 2.45) is 0 Å². The lowest BCUT2D eigenvalue weighted by atomic mass is 10.1. The molecule has 0 spiro atoms. The van der Waals surface area contributed by atoms with Gasteiger partial charge in [-0.3, -0.25) is 4.79 Å². The van der Waals surface area contributed by atoms with Crippen LogP contribution in [0.2, 0.25) is 0 Å². The number of rotatable bonds is 4. The number of H-pyrrole nitrogens is 1. The van der Waals surface area contributed by atoms with Crippen LogP contribution < -0.4 is 0 Å². The molecule has 4 rings (SSSR count). The first-order valence-electron chi connectivity index (χ1n) is 8.51. The Hall–Kier alpha value is -2.27. The van der Waals surface area contributed by atoms with E-state index in [0.717, 1.165) is 52.3 Å². The van der Waals surface area contributed by atoms with E-state index in [2.05, 4.69) is 4.98 Å². The molecule has 2 heterocycles. The fourth-order valence-electron chi connectivity index (χ4n) is 3.29. The summed E-state index contributed by atoms with van der Waals surface area (Å²) in [6.45, 7) is 1.73. The minimum absolute atomic E-state index is 0.184. The zero-order valence-corrected chi connectivity index (χ0v) is 14.6. The molecule has 3 nitrogen and oxygen atoms in total. The highest BCUT2D eigenvalue weighted by molar-refractivity contribution is 7.99. The summed E-state index contributed by atoms with van der Waals surface area (Å²) in [5.41, 5.74) is 2.05. The number of halogens is 1. The van der Waals surface area contributed by atoms with Crippen LogP contribution in [0.5, 0.6) is 0 Å². The van der Waals surface area contributed by atoms with Gasteiger partial charge in [-0.2, -0.15) is 0 Å². The molecule has 1 fully saturated rings. The van der Waals surface area contributed by atoms with Gasteiger partial charge < -0.3 is 9.88 Å². The number of fused-ring (bicyclic) bond motifs is 1. The zero-order chi connectivity index (χ0) is 17.2. The molecule has 5 heteroatoms. The predicted octanol–water partition coefficient (Wildman–Crippen LogP) is 4.62. The number of aromatic amines is 1. The van der Waals surface area contributed by atoms with Gasteiger partial charge in [0.05, 0.1) is 11.4 Å². The Balaban J connectivity index is 1.67. The molecule has 128 valence electrons. The number of nitrogens with one attached hydrogen (secondary N) is 1. The van der Waals surface area contributed by atoms with E-state index < -0.39 is 0 Å². The van der Waals surface area contributed by atoms with Gasteiger partial charge in [-0.25, -0.2) is 4.39 Å². The monoisotopic (exact) mass is 354 g/mol. The quantitative estimate of drug-likeness (QED) is 0.742. The minimum atomic E-state index is -0.245. The molecule has 0 atom stereocenters. The van der Waals surface area contributed by atoms with Gasteiger partial charge in [-0.05, 0) is 43.2 Å². The maximum atomic E-state index is 13.1. The van der Waals surface area contributed by atoms with Crippen molar-refractivity contribution in [1.82, 2.24) is 9.88 Å². The van der Waals surface area contributed by atoms with E-state index in [1.165, 1.54) is 12.1 Å². The molecular formula is C20H19FN2OS. The molecule has 1 aliphatic heterocycles. The summed E-state index contributed by atoms with van der Waals surface area (Å²) in [5, 5.41) is 2.04. The lowest BCUT2D eigenvalue weighted by Crippen LogP contribution is -2.29. The van der Waals surface area contributed by atoms with Gasteiger partial charge in [0.1, 0.15) is 5.82 Å². The Kier molecular flexibility index (Phi) is 4.49. The van der Waals surface area contributed by atoms with Crippen molar-refractivity contribution in [2.45, 2.75) is 29.2 Å². The molecule has 0 bridgehead atoms. The fraction of sp³-hybridized carbons (Fsp3) is 0.250. The number of carbonyl (C=O) groups excluding carboxylic acids is 1. The summed E-state index contributed by atoms with van der Waals surface area (Å²) in [4.78, 5) is 19.0. The molecule has 0 radical (unpaired) electrons. The van der Waals surface area contributed by atoms with E-state index in [1.54, 1.807) is 23.9 Å². The highest BCUT2D eigenvalue weighted by Gasteiger charge is 2.22. The number of hydrogen-bond donors (Lipinski definition) is 1. The van der Waals surface area contributed by atoms with Crippen molar-refractivity contribution >= 4 is 28.6 Å². The Morgan fingerprint density at radius 1 is 1.08 bits per heavy atom. The largest absolute Gasteiger partial charge is 0.349 e. The third kappa shape index (κ3) is 3.42. The second-order valence-corrected chi connectivity index (χ2v) is 7.38. The van der Waals surface area contributed by atoms with Gasteiger partial charge in [0.15, 0.2) is 0 Å². The van der Waals surface area contributed by atoms with Crippen LogP contribution in [0.25, 0.3) is 10.9 Å². The predicted molar refractivity (Wildman–Crippen MR) is 98.3 cm³/mol. The summed E-state index contributed by atoms with van der Waals surface area (Å²) in [6.07, 6.45) is 2.58. The zero-order valence-electron chi connectivity index (χ0n) is 13.8. The van der Waals surface area contributed by atoms with Gasteiger partial charge in [-0.15, -0.1) is 0 Å². The first-order valence-corrected chi connectivity index (χ1v) is 9.33. The minimum Gasteiger partial charge on any atom is -0.349 e. The van der Waals surface area contributed by atoms with Gasteiger partial charge in [0.25, 0.3) is 0 Å². The number of amides is 1. The molecule has 0 aliphatic carbocycles. The molecule has 1 aliphatic rings. The van der Waals surface area contributed by atoms with Gasteiger partial charge in [0, 0.05) is 34.5 Å². The molecule has 1 aromatic heterocycles. The number of likely N-dealkylation sites (tertiary alicyclic amines) is 1. The summed E-state index contributed by atoms with van der Waals surface area (Å²) in [6, 6.07) is 14.5. The Labute approximate surface area is 150 Å². The molecule has 2 aromatic carbocycles. The Bertz CT molecular complexity index is 898. The maximum absolute atomic E-state index is 13.1. The van der Waals surface area contributed by atoms with Crippen LogP contribution in [0.1, 0.15) is 18.4 Å². The summed E-state index contributed by atoms with van der Waals surface area (Å²) >= 11 is 1.54. The van der Waals surface area contributed by atoms with Crippen LogP contribution in [0, 0.1) is 5.82 Å². The SMILES string of the molecule is O=C(Cc1c(Sc2ccc(F)cc2)[nH]c2ccccc12)N1CCCC1. The highest BCUT2D eigenvalue weighted by atomic mass is 32.2. The second-order valence-electron chi connectivity index (χ2n) is 6.30. The molecule has 3 aromatic rings. The Morgan fingerprint density at radius 3 is 2.56 bits per heavy atom. The highest BCUT2D eigenvalue weighted by Crippen LogP contribution is 2.35. The lowest BCUT2D eigenvalue weighted by Gasteiger charge is -2.15. The van der Waals surface area contributed by atoms with Crippen molar-refractivity contribution in [3.05, 3.63) is 59.9 Å². The first-order chi connectivity index (χ1) is 12.2. The van der Waals surface area contributed by atoms with Crippen LogP contribution in [0.3, 0.4) is 0 Å². The van der Waals surface area contributed by atoms with Crippen molar-refractivity contribution in [3.8, 4) is 0 Å². The average Bonchev–Trinajstić information content (AvgIpc) is 3.26. The number of nitrogens with zero attached hydrogens (tertiary/aromatic N) is 1. The Morgan fingerprint density at radius 2 is 1.80 bits per heavy atom. The number of hydrogen-bond acceptors (Lipinski definition) is 2. The van der Waals surface area contributed by atoms with E-state index in [1.807, 2.05) is 29.2 Å². The average molecular weight is 354 g/mol. The van der Waals surface area contributed by atoms with Crippen molar-refractivity contribution < 1.29 is 9.18 Å². The second kappa shape index (κ2) is 6.92. The van der Waals surface area contributed by atoms with Crippen LogP contribution in [-0.2, 0) is 11.2 Å². The summed E-state index contributed by atoms with van der Waals surface area (Å²) < 4.78 is 13.1. The van der Waals surface area contributed by atoms with Gasteiger partial charge in [-0.1, -0.05) is 30.0 Å². The molecule has 1 saturated heterocycles. The van der Waals surface area contributed by atoms with E-state index in [-0.39, 0.29) is 11.7 Å². The van der Waals surface area contributed by atoms with Gasteiger partial charge >= 0.3 is 0 Å². The number of benzene rings is 2. The first kappa shape index (κ1) is 16.2. The van der Waals surface area contributed by atoms with Gasteiger partial charge in [0.2, 0.25) is 5.91 Å². The molecule has 1 amide bonds. The molecular weight excluding hydrogens is 335 g/mol. The van der Waals surface area contributed by atoms with Crippen LogP contribution in [-0.4, -0.2) is 28.9 Å². The van der Waals surface area contributed by atoms with Crippen molar-refractivity contribution in [2.75, 3.05) is 13.1 Å². The third-order valence-corrected chi connectivity index (χ3v) is 5.66. The molecule has 0 unspecified atom stereocenters. The van der Waals surface area contributed by atoms with E-state index >= 15 is 0 Å². The molecule has 25 heavy (non-hydrogen) atoms. The number of aromatic nitrogens is 1. The molecule has 1 N–H and O–H groups in total.